The van der Waals surface area contributed by atoms with Crippen LogP contribution >= 0.6 is 0 Å². The minimum absolute atomic E-state index is 0.0922. The average molecular weight is 387 g/mol. The van der Waals surface area contributed by atoms with Gasteiger partial charge in [-0.25, -0.2) is 8.42 Å². The highest BCUT2D eigenvalue weighted by molar-refractivity contribution is 7.92. The van der Waals surface area contributed by atoms with Gasteiger partial charge in [0, 0.05) is 18.7 Å². The lowest BCUT2D eigenvalue weighted by molar-refractivity contribution is -0.119. The van der Waals surface area contributed by atoms with E-state index in [1.165, 1.54) is 0 Å². The van der Waals surface area contributed by atoms with Gasteiger partial charge in [-0.3, -0.25) is 9.52 Å². The van der Waals surface area contributed by atoms with Crippen LogP contribution in [-0.4, -0.2) is 20.9 Å². The summed E-state index contributed by atoms with van der Waals surface area (Å²) >= 11 is 0. The number of nitrogens with one attached hydrogen (secondary N) is 1. The molecule has 2 aromatic rings. The molecule has 0 atom stereocenters. The number of rotatable bonds is 4. The van der Waals surface area contributed by atoms with Crippen molar-refractivity contribution in [2.24, 2.45) is 0 Å². The summed E-state index contributed by atoms with van der Waals surface area (Å²) in [7, 11) is -3.72. The molecule has 1 saturated heterocycles. The van der Waals surface area contributed by atoms with Crippen LogP contribution in [-0.2, 0) is 14.8 Å². The number of carbonyl (C=O) groups excluding carboxylic acids is 1. The van der Waals surface area contributed by atoms with Crippen LogP contribution in [0.1, 0.15) is 41.5 Å². The zero-order valence-corrected chi connectivity index (χ0v) is 17.1. The highest BCUT2D eigenvalue weighted by Crippen LogP contribution is 2.30. The van der Waals surface area contributed by atoms with Crippen molar-refractivity contribution in [3.63, 3.8) is 0 Å². The van der Waals surface area contributed by atoms with Crippen LogP contribution in [0.15, 0.2) is 35.2 Å². The van der Waals surface area contributed by atoms with Gasteiger partial charge in [-0.15, -0.1) is 0 Å². The van der Waals surface area contributed by atoms with E-state index in [1.54, 1.807) is 17.0 Å². The quantitative estimate of drug-likeness (QED) is 0.855. The van der Waals surface area contributed by atoms with Crippen LogP contribution in [0, 0.1) is 27.7 Å². The lowest BCUT2D eigenvalue weighted by atomic mass is 10.1. The molecule has 0 unspecified atom stereocenters. The second kappa shape index (κ2) is 7.35. The number of benzene rings is 2. The first-order valence-corrected chi connectivity index (χ1v) is 10.7. The number of aryl methyl sites for hydroxylation is 4. The maximum Gasteiger partial charge on any atom is 0.262 e. The smallest absolute Gasteiger partial charge is 0.262 e. The van der Waals surface area contributed by atoms with Gasteiger partial charge in [-0.2, -0.15) is 0 Å². The first-order valence-electron chi connectivity index (χ1n) is 9.21. The van der Waals surface area contributed by atoms with E-state index >= 15 is 0 Å². The van der Waals surface area contributed by atoms with Gasteiger partial charge in [0.2, 0.25) is 5.91 Å². The molecule has 0 radical (unpaired) electrons. The van der Waals surface area contributed by atoms with Crippen molar-refractivity contribution in [2.75, 3.05) is 16.2 Å². The lowest BCUT2D eigenvalue weighted by Crippen LogP contribution is -2.35. The molecular weight excluding hydrogens is 360 g/mol. The second-order valence-electron chi connectivity index (χ2n) is 7.34. The summed E-state index contributed by atoms with van der Waals surface area (Å²) in [5.41, 5.74) is 4.67. The SMILES string of the molecule is Cc1cc(C)c(S(=O)(=O)Nc2ccc(C)c(N3CCCCC3=O)c2)c(C)c1. The van der Waals surface area contributed by atoms with Crippen molar-refractivity contribution in [1.29, 1.82) is 0 Å². The number of hydrogen-bond acceptors (Lipinski definition) is 3. The Labute approximate surface area is 161 Å². The van der Waals surface area contributed by atoms with E-state index in [0.717, 1.165) is 40.8 Å². The molecule has 1 fully saturated rings. The van der Waals surface area contributed by atoms with E-state index in [-0.39, 0.29) is 5.91 Å². The Bertz CT molecular complexity index is 973. The maximum absolute atomic E-state index is 13.0. The molecule has 0 saturated carbocycles. The molecule has 27 heavy (non-hydrogen) atoms. The van der Waals surface area contributed by atoms with Gasteiger partial charge in [0.15, 0.2) is 0 Å². The zero-order chi connectivity index (χ0) is 19.8. The predicted molar refractivity (Wildman–Crippen MR) is 109 cm³/mol. The Morgan fingerprint density at radius 3 is 2.22 bits per heavy atom. The first kappa shape index (κ1) is 19.4. The summed E-state index contributed by atoms with van der Waals surface area (Å²) in [6.45, 7) is 8.17. The highest BCUT2D eigenvalue weighted by atomic mass is 32.2. The summed E-state index contributed by atoms with van der Waals surface area (Å²) in [5, 5.41) is 0. The van der Waals surface area contributed by atoms with Crippen molar-refractivity contribution < 1.29 is 13.2 Å². The molecule has 1 amide bonds. The van der Waals surface area contributed by atoms with E-state index in [9.17, 15) is 13.2 Å². The van der Waals surface area contributed by atoms with Gasteiger partial charge >= 0.3 is 0 Å². The van der Waals surface area contributed by atoms with E-state index < -0.39 is 10.0 Å². The summed E-state index contributed by atoms with van der Waals surface area (Å²) < 4.78 is 28.7. The predicted octanol–water partition coefficient (Wildman–Crippen LogP) is 4.24. The van der Waals surface area contributed by atoms with E-state index in [2.05, 4.69) is 4.72 Å². The highest BCUT2D eigenvalue weighted by Gasteiger charge is 2.23. The number of sulfonamides is 1. The monoisotopic (exact) mass is 386 g/mol. The van der Waals surface area contributed by atoms with Gasteiger partial charge in [-0.05, 0) is 69.4 Å². The molecule has 1 N–H and O–H groups in total. The fourth-order valence-electron chi connectivity index (χ4n) is 3.82. The van der Waals surface area contributed by atoms with Crippen LogP contribution in [0.3, 0.4) is 0 Å². The Morgan fingerprint density at radius 1 is 0.926 bits per heavy atom. The summed E-state index contributed by atoms with van der Waals surface area (Å²) in [6.07, 6.45) is 2.41. The van der Waals surface area contributed by atoms with Gasteiger partial charge < -0.3 is 4.90 Å². The zero-order valence-electron chi connectivity index (χ0n) is 16.3. The maximum atomic E-state index is 13.0. The molecule has 2 aromatic carbocycles. The van der Waals surface area contributed by atoms with Crippen LogP contribution in [0.5, 0.6) is 0 Å². The Kier molecular flexibility index (Phi) is 5.29. The fraction of sp³-hybridized carbons (Fsp3) is 0.381. The van der Waals surface area contributed by atoms with Crippen LogP contribution in [0.4, 0.5) is 11.4 Å². The van der Waals surface area contributed by atoms with Crippen LogP contribution < -0.4 is 9.62 Å². The number of anilines is 2. The molecule has 0 aliphatic carbocycles. The second-order valence-corrected chi connectivity index (χ2v) is 8.96. The topological polar surface area (TPSA) is 66.5 Å². The van der Waals surface area contributed by atoms with Gasteiger partial charge in [0.25, 0.3) is 10.0 Å². The molecule has 3 rings (SSSR count). The molecule has 1 heterocycles. The standard InChI is InChI=1S/C21H26N2O3S/c1-14-11-16(3)21(17(4)12-14)27(25,26)22-18-9-8-15(2)19(13-18)23-10-6-5-7-20(23)24/h8-9,11-13,22H,5-7,10H2,1-4H3. The summed E-state index contributed by atoms with van der Waals surface area (Å²) in [4.78, 5) is 14.3. The Morgan fingerprint density at radius 2 is 1.59 bits per heavy atom. The minimum Gasteiger partial charge on any atom is -0.312 e. The number of piperidine rings is 1. The van der Waals surface area contributed by atoms with E-state index in [4.69, 9.17) is 0 Å². The van der Waals surface area contributed by atoms with E-state index in [0.29, 0.717) is 23.5 Å². The average Bonchev–Trinajstić information content (AvgIpc) is 2.56. The van der Waals surface area contributed by atoms with Gasteiger partial charge in [0.1, 0.15) is 0 Å². The third-order valence-corrected chi connectivity index (χ3v) is 6.63. The van der Waals surface area contributed by atoms with Crippen molar-refractivity contribution in [3.8, 4) is 0 Å². The van der Waals surface area contributed by atoms with Crippen molar-refractivity contribution in [2.45, 2.75) is 51.9 Å². The molecule has 5 nitrogen and oxygen atoms in total. The third kappa shape index (κ3) is 4.00. The number of carbonyl (C=O) groups is 1. The first-order chi connectivity index (χ1) is 12.7. The largest absolute Gasteiger partial charge is 0.312 e. The van der Waals surface area contributed by atoms with E-state index in [1.807, 2.05) is 45.9 Å². The van der Waals surface area contributed by atoms with Crippen molar-refractivity contribution >= 4 is 27.3 Å². The third-order valence-electron chi connectivity index (χ3n) is 4.95. The Balaban J connectivity index is 1.96. The molecule has 144 valence electrons. The summed E-state index contributed by atoms with van der Waals surface area (Å²) in [6, 6.07) is 9.09. The van der Waals surface area contributed by atoms with Crippen LogP contribution in [0.25, 0.3) is 0 Å². The summed E-state index contributed by atoms with van der Waals surface area (Å²) in [5.74, 6) is 0.0922. The number of hydrogen-bond donors (Lipinski definition) is 1. The molecule has 6 heteroatoms. The normalized spacial score (nSPS) is 15.1. The minimum atomic E-state index is -3.72. The molecule has 0 bridgehead atoms. The molecule has 1 aliphatic rings. The Hall–Kier alpha value is -2.34. The number of amides is 1. The molecular formula is C21H26N2O3S. The fourth-order valence-corrected chi connectivity index (χ4v) is 5.33. The van der Waals surface area contributed by atoms with Crippen molar-refractivity contribution in [1.82, 2.24) is 0 Å². The molecule has 0 spiro atoms. The van der Waals surface area contributed by atoms with Crippen molar-refractivity contribution in [3.05, 3.63) is 52.6 Å². The van der Waals surface area contributed by atoms with Gasteiger partial charge in [-0.1, -0.05) is 23.8 Å². The van der Waals surface area contributed by atoms with Crippen LogP contribution in [0.2, 0.25) is 0 Å². The number of nitrogens with zero attached hydrogens (tertiary/aromatic N) is 1. The molecule has 1 aliphatic heterocycles. The van der Waals surface area contributed by atoms with Gasteiger partial charge in [0.05, 0.1) is 10.6 Å². The lowest BCUT2D eigenvalue weighted by Gasteiger charge is -2.28. The molecule has 0 aromatic heterocycles.